The fourth-order valence-electron chi connectivity index (χ4n) is 0.834. The Bertz CT molecular complexity index is 340. The van der Waals surface area contributed by atoms with Gasteiger partial charge in [-0.05, 0) is 17.7 Å². The number of carbonyl (C=O) groups excluding carboxylic acids is 1. The van der Waals surface area contributed by atoms with Crippen molar-refractivity contribution in [3.05, 3.63) is 33.8 Å². The molecule has 1 unspecified atom stereocenters. The normalized spacial score (nSPS) is 12.5. The second kappa shape index (κ2) is 4.18. The van der Waals surface area contributed by atoms with Gasteiger partial charge in [0, 0.05) is 0 Å². The summed E-state index contributed by atoms with van der Waals surface area (Å²) in [5.74, 6) is -0.611. The van der Waals surface area contributed by atoms with Gasteiger partial charge < -0.3 is 5.73 Å². The van der Waals surface area contributed by atoms with Crippen LogP contribution in [-0.4, -0.2) is 5.91 Å². The number of halogens is 3. The molecule has 0 saturated heterocycles. The molecular weight excluding hydrogens is 232 g/mol. The van der Waals surface area contributed by atoms with Crippen LogP contribution in [0.4, 0.5) is 0 Å². The molecule has 13 heavy (non-hydrogen) atoms. The lowest BCUT2D eigenvalue weighted by Gasteiger charge is -2.06. The number of nitrogens with two attached hydrogens (primary N) is 1. The molecule has 70 valence electrons. The molecular formula is C8H6Cl3NO. The van der Waals surface area contributed by atoms with E-state index < -0.39 is 11.3 Å². The van der Waals surface area contributed by atoms with Crippen LogP contribution in [-0.2, 0) is 4.79 Å². The number of hydrogen-bond acceptors (Lipinski definition) is 1. The third kappa shape index (κ3) is 2.50. The van der Waals surface area contributed by atoms with Crippen molar-refractivity contribution in [2.24, 2.45) is 5.73 Å². The van der Waals surface area contributed by atoms with Gasteiger partial charge in [-0.25, -0.2) is 0 Å². The maximum atomic E-state index is 10.7. The Morgan fingerprint density at radius 1 is 1.31 bits per heavy atom. The van der Waals surface area contributed by atoms with Crippen molar-refractivity contribution in [2.75, 3.05) is 0 Å². The zero-order valence-corrected chi connectivity index (χ0v) is 8.70. The van der Waals surface area contributed by atoms with Gasteiger partial charge in [-0.1, -0.05) is 29.3 Å². The summed E-state index contributed by atoms with van der Waals surface area (Å²) in [6, 6.07) is 4.69. The Balaban J connectivity index is 3.03. The minimum Gasteiger partial charge on any atom is -0.368 e. The van der Waals surface area contributed by atoms with Gasteiger partial charge in [-0.2, -0.15) is 0 Å². The Morgan fingerprint density at radius 3 is 2.38 bits per heavy atom. The smallest absolute Gasteiger partial charge is 0.240 e. The maximum Gasteiger partial charge on any atom is 0.240 e. The molecule has 0 saturated carbocycles. The summed E-state index contributed by atoms with van der Waals surface area (Å²) in [6.07, 6.45) is 0. The van der Waals surface area contributed by atoms with Crippen LogP contribution in [0.2, 0.25) is 10.0 Å². The minimum absolute atomic E-state index is 0.353. The first-order valence-corrected chi connectivity index (χ1v) is 4.60. The van der Waals surface area contributed by atoms with Gasteiger partial charge >= 0.3 is 0 Å². The molecule has 1 aromatic carbocycles. The first-order chi connectivity index (χ1) is 6.02. The highest BCUT2D eigenvalue weighted by molar-refractivity contribution is 6.42. The monoisotopic (exact) mass is 237 g/mol. The second-order valence-electron chi connectivity index (χ2n) is 2.44. The summed E-state index contributed by atoms with van der Waals surface area (Å²) in [5, 5.41) is -0.0976. The van der Waals surface area contributed by atoms with Gasteiger partial charge in [0.25, 0.3) is 0 Å². The van der Waals surface area contributed by atoms with Crippen LogP contribution in [0, 0.1) is 0 Å². The summed E-state index contributed by atoms with van der Waals surface area (Å²) < 4.78 is 0. The average molecular weight is 239 g/mol. The quantitative estimate of drug-likeness (QED) is 0.791. The van der Waals surface area contributed by atoms with E-state index in [9.17, 15) is 4.79 Å². The lowest BCUT2D eigenvalue weighted by atomic mass is 10.1. The molecule has 1 atom stereocenters. The molecule has 0 aliphatic carbocycles. The fraction of sp³-hybridized carbons (Fsp3) is 0.125. The third-order valence-corrected chi connectivity index (χ3v) is 2.69. The van der Waals surface area contributed by atoms with Crippen molar-refractivity contribution in [3.8, 4) is 0 Å². The van der Waals surface area contributed by atoms with Crippen LogP contribution in [0.5, 0.6) is 0 Å². The van der Waals surface area contributed by atoms with E-state index in [1.807, 2.05) is 0 Å². The standard InChI is InChI=1S/C8H6Cl3NO/c9-5-2-1-4(3-6(5)10)7(11)8(12)13/h1-3,7H,(H2,12,13). The van der Waals surface area contributed by atoms with Crippen molar-refractivity contribution >= 4 is 40.7 Å². The van der Waals surface area contributed by atoms with E-state index in [1.165, 1.54) is 6.07 Å². The summed E-state index contributed by atoms with van der Waals surface area (Å²) in [7, 11) is 0. The van der Waals surface area contributed by atoms with Crippen LogP contribution in [0.25, 0.3) is 0 Å². The molecule has 0 bridgehead atoms. The SMILES string of the molecule is NC(=O)C(Cl)c1ccc(Cl)c(Cl)c1. The van der Waals surface area contributed by atoms with Gasteiger partial charge in [-0.15, -0.1) is 11.6 Å². The second-order valence-corrected chi connectivity index (χ2v) is 3.69. The molecule has 0 aromatic heterocycles. The molecule has 0 aliphatic heterocycles. The summed E-state index contributed by atoms with van der Waals surface area (Å²) in [6.45, 7) is 0. The van der Waals surface area contributed by atoms with E-state index in [1.54, 1.807) is 12.1 Å². The molecule has 2 N–H and O–H groups in total. The number of alkyl halides is 1. The van der Waals surface area contributed by atoms with E-state index in [2.05, 4.69) is 0 Å². The Hall–Kier alpha value is -0.440. The first kappa shape index (κ1) is 10.6. The molecule has 1 aromatic rings. The van der Waals surface area contributed by atoms with Crippen LogP contribution in [0.3, 0.4) is 0 Å². The fourth-order valence-corrected chi connectivity index (χ4v) is 1.28. The molecule has 0 spiro atoms. The molecule has 0 aliphatic rings. The molecule has 5 heteroatoms. The number of hydrogen-bond donors (Lipinski definition) is 1. The zero-order chi connectivity index (χ0) is 10.0. The van der Waals surface area contributed by atoms with Gasteiger partial charge in [0.15, 0.2) is 0 Å². The van der Waals surface area contributed by atoms with Crippen molar-refractivity contribution in [2.45, 2.75) is 5.38 Å². The van der Waals surface area contributed by atoms with Crippen LogP contribution in [0.1, 0.15) is 10.9 Å². The molecule has 0 radical (unpaired) electrons. The summed E-state index contributed by atoms with van der Waals surface area (Å²) in [4.78, 5) is 10.7. The third-order valence-electron chi connectivity index (χ3n) is 1.49. The predicted molar refractivity (Wildman–Crippen MR) is 54.3 cm³/mol. The molecule has 1 rings (SSSR count). The molecule has 2 nitrogen and oxygen atoms in total. The maximum absolute atomic E-state index is 10.7. The lowest BCUT2D eigenvalue weighted by molar-refractivity contribution is -0.117. The topological polar surface area (TPSA) is 43.1 Å². The molecule has 0 heterocycles. The summed E-state index contributed by atoms with van der Waals surface area (Å²) in [5.41, 5.74) is 5.55. The van der Waals surface area contributed by atoms with Crippen LogP contribution < -0.4 is 5.73 Å². The lowest BCUT2D eigenvalue weighted by Crippen LogP contribution is -2.16. The summed E-state index contributed by atoms with van der Waals surface area (Å²) >= 11 is 17.1. The first-order valence-electron chi connectivity index (χ1n) is 3.40. The number of benzene rings is 1. The highest BCUT2D eigenvalue weighted by Gasteiger charge is 2.14. The Labute approximate surface area is 90.6 Å². The van der Waals surface area contributed by atoms with Crippen LogP contribution in [0.15, 0.2) is 18.2 Å². The van der Waals surface area contributed by atoms with Crippen LogP contribution >= 0.6 is 34.8 Å². The number of primary amides is 1. The van der Waals surface area contributed by atoms with E-state index in [4.69, 9.17) is 40.5 Å². The van der Waals surface area contributed by atoms with Gasteiger partial charge in [-0.3, -0.25) is 4.79 Å². The van der Waals surface area contributed by atoms with Gasteiger partial charge in [0.05, 0.1) is 10.0 Å². The van der Waals surface area contributed by atoms with E-state index in [-0.39, 0.29) is 0 Å². The zero-order valence-electron chi connectivity index (χ0n) is 6.43. The minimum atomic E-state index is -0.866. The van der Waals surface area contributed by atoms with Crippen molar-refractivity contribution in [3.63, 3.8) is 0 Å². The number of amides is 1. The largest absolute Gasteiger partial charge is 0.368 e. The number of rotatable bonds is 2. The Kier molecular flexibility index (Phi) is 3.42. The molecule has 0 fully saturated rings. The van der Waals surface area contributed by atoms with E-state index in [0.717, 1.165) is 0 Å². The highest BCUT2D eigenvalue weighted by Crippen LogP contribution is 2.28. The van der Waals surface area contributed by atoms with Crippen molar-refractivity contribution in [1.29, 1.82) is 0 Å². The number of carbonyl (C=O) groups is 1. The van der Waals surface area contributed by atoms with E-state index in [0.29, 0.717) is 15.6 Å². The Morgan fingerprint density at radius 2 is 1.92 bits per heavy atom. The molecule has 1 amide bonds. The van der Waals surface area contributed by atoms with Gasteiger partial charge in [0.1, 0.15) is 5.38 Å². The average Bonchev–Trinajstić information content (AvgIpc) is 2.08. The van der Waals surface area contributed by atoms with Crippen molar-refractivity contribution in [1.82, 2.24) is 0 Å². The van der Waals surface area contributed by atoms with Gasteiger partial charge in [0.2, 0.25) is 5.91 Å². The highest BCUT2D eigenvalue weighted by atomic mass is 35.5. The van der Waals surface area contributed by atoms with Crippen molar-refractivity contribution < 1.29 is 4.79 Å². The van der Waals surface area contributed by atoms with E-state index >= 15 is 0 Å². The predicted octanol–water partition coefficient (Wildman–Crippen LogP) is 2.76.